The minimum atomic E-state index is -3.85. The van der Waals surface area contributed by atoms with Crippen molar-refractivity contribution in [2.45, 2.75) is 11.8 Å². The molecule has 0 fully saturated rings. The van der Waals surface area contributed by atoms with Gasteiger partial charge in [-0.3, -0.25) is 4.72 Å². The van der Waals surface area contributed by atoms with Gasteiger partial charge in [0.05, 0.1) is 4.90 Å². The van der Waals surface area contributed by atoms with E-state index < -0.39 is 21.7 Å². The Morgan fingerprint density at radius 3 is 2.47 bits per heavy atom. The number of aromatic nitrogens is 2. The van der Waals surface area contributed by atoms with Crippen LogP contribution in [-0.2, 0) is 10.0 Å². The molecular formula is C21H15F2N3O3S. The molecule has 1 N–H and O–H groups in total. The van der Waals surface area contributed by atoms with Gasteiger partial charge in [-0.05, 0) is 61.0 Å². The van der Waals surface area contributed by atoms with Crippen LogP contribution in [0.5, 0.6) is 0 Å². The molecule has 0 unspecified atom stereocenters. The van der Waals surface area contributed by atoms with E-state index in [1.807, 2.05) is 13.0 Å². The molecule has 0 bridgehead atoms. The van der Waals surface area contributed by atoms with Crippen molar-refractivity contribution in [2.75, 3.05) is 4.72 Å². The number of anilines is 1. The van der Waals surface area contributed by atoms with Crippen molar-refractivity contribution in [3.63, 3.8) is 0 Å². The van der Waals surface area contributed by atoms with Crippen LogP contribution in [0.15, 0.2) is 76.1 Å². The quantitative estimate of drug-likeness (QED) is 0.495. The Bertz CT molecular complexity index is 1340. The molecule has 0 aliphatic heterocycles. The van der Waals surface area contributed by atoms with E-state index in [2.05, 4.69) is 14.9 Å². The van der Waals surface area contributed by atoms with Crippen molar-refractivity contribution < 1.29 is 21.7 Å². The van der Waals surface area contributed by atoms with Gasteiger partial charge in [-0.15, -0.1) is 0 Å². The average Bonchev–Trinajstić information content (AvgIpc) is 3.20. The largest absolute Gasteiger partial charge is 0.334 e. The molecule has 9 heteroatoms. The fourth-order valence-corrected chi connectivity index (χ4v) is 3.91. The number of hydrogen-bond acceptors (Lipinski definition) is 5. The second kappa shape index (κ2) is 7.68. The first-order chi connectivity index (χ1) is 14.3. The summed E-state index contributed by atoms with van der Waals surface area (Å²) in [6.45, 7) is 1.86. The first kappa shape index (κ1) is 19.7. The Balaban J connectivity index is 1.63. The van der Waals surface area contributed by atoms with Crippen LogP contribution in [0.3, 0.4) is 0 Å². The monoisotopic (exact) mass is 427 g/mol. The molecule has 30 heavy (non-hydrogen) atoms. The maximum Gasteiger partial charge on any atom is 0.261 e. The first-order valence-electron chi connectivity index (χ1n) is 8.81. The molecule has 0 spiro atoms. The number of halogens is 2. The smallest absolute Gasteiger partial charge is 0.261 e. The molecule has 0 aliphatic carbocycles. The highest BCUT2D eigenvalue weighted by Crippen LogP contribution is 2.26. The summed E-state index contributed by atoms with van der Waals surface area (Å²) in [7, 11) is -3.85. The lowest BCUT2D eigenvalue weighted by atomic mass is 10.2. The van der Waals surface area contributed by atoms with Gasteiger partial charge in [0.25, 0.3) is 15.9 Å². The zero-order valence-electron chi connectivity index (χ0n) is 15.6. The predicted molar refractivity (Wildman–Crippen MR) is 107 cm³/mol. The Kier molecular flexibility index (Phi) is 5.04. The van der Waals surface area contributed by atoms with E-state index in [1.165, 1.54) is 18.2 Å². The van der Waals surface area contributed by atoms with Crippen molar-refractivity contribution >= 4 is 15.7 Å². The third-order valence-electron chi connectivity index (χ3n) is 4.27. The van der Waals surface area contributed by atoms with Gasteiger partial charge in [0.15, 0.2) is 11.6 Å². The topological polar surface area (TPSA) is 85.1 Å². The fraction of sp³-hybridized carbons (Fsp3) is 0.0476. The molecule has 4 aromatic rings. The summed E-state index contributed by atoms with van der Waals surface area (Å²) in [5.41, 5.74) is 1.95. The third-order valence-corrected chi connectivity index (χ3v) is 5.64. The van der Waals surface area contributed by atoms with Crippen molar-refractivity contribution in [3.05, 3.63) is 83.9 Å². The van der Waals surface area contributed by atoms with E-state index in [0.29, 0.717) is 11.3 Å². The van der Waals surface area contributed by atoms with Crippen LogP contribution in [0.1, 0.15) is 5.56 Å². The van der Waals surface area contributed by atoms with Crippen LogP contribution < -0.4 is 4.72 Å². The molecule has 0 amide bonds. The van der Waals surface area contributed by atoms with Crippen molar-refractivity contribution in [2.24, 2.45) is 0 Å². The van der Waals surface area contributed by atoms with Gasteiger partial charge in [-0.2, -0.15) is 4.98 Å². The second-order valence-corrected chi connectivity index (χ2v) is 8.24. The Morgan fingerprint density at radius 2 is 1.70 bits per heavy atom. The molecule has 4 rings (SSSR count). The van der Waals surface area contributed by atoms with Gasteiger partial charge in [0.1, 0.15) is 0 Å². The lowest BCUT2D eigenvalue weighted by Gasteiger charge is -2.09. The summed E-state index contributed by atoms with van der Waals surface area (Å²) in [4.78, 5) is 4.17. The van der Waals surface area contributed by atoms with E-state index in [-0.39, 0.29) is 22.2 Å². The second-order valence-electron chi connectivity index (χ2n) is 6.55. The number of benzene rings is 3. The van der Waals surface area contributed by atoms with Gasteiger partial charge in [0, 0.05) is 16.8 Å². The molecular weight excluding hydrogens is 412 g/mol. The Labute approximate surface area is 171 Å². The van der Waals surface area contributed by atoms with E-state index in [0.717, 1.165) is 17.7 Å². The van der Waals surface area contributed by atoms with Crippen LogP contribution in [-0.4, -0.2) is 18.6 Å². The molecule has 1 heterocycles. The maximum atomic E-state index is 13.4. The van der Waals surface area contributed by atoms with Crippen LogP contribution in [0.2, 0.25) is 0 Å². The molecule has 0 atom stereocenters. The first-order valence-corrected chi connectivity index (χ1v) is 10.3. The minimum Gasteiger partial charge on any atom is -0.334 e. The third kappa shape index (κ3) is 4.06. The van der Waals surface area contributed by atoms with E-state index in [9.17, 15) is 17.2 Å². The van der Waals surface area contributed by atoms with Gasteiger partial charge in [0.2, 0.25) is 5.82 Å². The Hall–Kier alpha value is -3.59. The lowest BCUT2D eigenvalue weighted by molar-refractivity contribution is 0.432. The molecule has 152 valence electrons. The van der Waals surface area contributed by atoms with Crippen LogP contribution >= 0.6 is 0 Å². The average molecular weight is 427 g/mol. The number of hydrogen-bond donors (Lipinski definition) is 1. The summed E-state index contributed by atoms with van der Waals surface area (Å²) in [5, 5.41) is 3.76. The lowest BCUT2D eigenvalue weighted by Crippen LogP contribution is -2.13. The number of sulfonamides is 1. The molecule has 0 radical (unpaired) electrons. The molecule has 1 aromatic heterocycles. The zero-order valence-corrected chi connectivity index (χ0v) is 16.5. The van der Waals surface area contributed by atoms with Gasteiger partial charge in [-0.25, -0.2) is 17.2 Å². The molecule has 6 nitrogen and oxygen atoms in total. The van der Waals surface area contributed by atoms with Crippen molar-refractivity contribution in [3.8, 4) is 22.8 Å². The molecule has 0 saturated carbocycles. The van der Waals surface area contributed by atoms with Gasteiger partial charge < -0.3 is 4.52 Å². The summed E-state index contributed by atoms with van der Waals surface area (Å²) < 4.78 is 59.7. The fourth-order valence-electron chi connectivity index (χ4n) is 2.81. The number of nitrogens with one attached hydrogen (secondary N) is 1. The maximum absolute atomic E-state index is 13.4. The highest BCUT2D eigenvalue weighted by molar-refractivity contribution is 7.92. The molecule has 0 saturated heterocycles. The standard InChI is InChI=1S/C21H15F2N3O3S/c1-13-4-2-6-16(10-13)26-30(27,28)17-7-3-5-15(11-17)21-24-20(25-29-21)14-8-9-18(22)19(23)12-14/h2-12,26H,1H3. The summed E-state index contributed by atoms with van der Waals surface area (Å²) >= 11 is 0. The summed E-state index contributed by atoms with van der Waals surface area (Å²) in [6, 6.07) is 16.2. The predicted octanol–water partition coefficient (Wildman–Crippen LogP) is 4.79. The van der Waals surface area contributed by atoms with Crippen LogP contribution in [0.4, 0.5) is 14.5 Å². The van der Waals surface area contributed by atoms with E-state index in [1.54, 1.807) is 30.3 Å². The summed E-state index contributed by atoms with van der Waals surface area (Å²) in [6.07, 6.45) is 0. The van der Waals surface area contributed by atoms with E-state index >= 15 is 0 Å². The van der Waals surface area contributed by atoms with Gasteiger partial charge >= 0.3 is 0 Å². The van der Waals surface area contributed by atoms with Crippen molar-refractivity contribution in [1.82, 2.24) is 10.1 Å². The number of aryl methyl sites for hydroxylation is 1. The normalized spacial score (nSPS) is 11.4. The van der Waals surface area contributed by atoms with Crippen molar-refractivity contribution in [1.29, 1.82) is 0 Å². The number of rotatable bonds is 5. The molecule has 3 aromatic carbocycles. The highest BCUT2D eigenvalue weighted by atomic mass is 32.2. The Morgan fingerprint density at radius 1 is 0.900 bits per heavy atom. The zero-order chi connectivity index (χ0) is 21.3. The molecule has 0 aliphatic rings. The van der Waals surface area contributed by atoms with E-state index in [4.69, 9.17) is 4.52 Å². The number of nitrogens with zero attached hydrogens (tertiary/aromatic N) is 2. The SMILES string of the molecule is Cc1cccc(NS(=O)(=O)c2cccc(-c3nc(-c4ccc(F)c(F)c4)no3)c2)c1. The highest BCUT2D eigenvalue weighted by Gasteiger charge is 2.18. The van der Waals surface area contributed by atoms with Gasteiger partial charge in [-0.1, -0.05) is 23.4 Å². The summed E-state index contributed by atoms with van der Waals surface area (Å²) in [5.74, 6) is -1.92. The minimum absolute atomic E-state index is 0.00841. The van der Waals surface area contributed by atoms with Crippen LogP contribution in [0.25, 0.3) is 22.8 Å². The van der Waals surface area contributed by atoms with Crippen LogP contribution in [0, 0.1) is 18.6 Å².